The number of nitrogens with one attached hydrogen (secondary N) is 1. The van der Waals surface area contributed by atoms with Crippen LogP contribution < -0.4 is 0 Å². The Hall–Kier alpha value is -2.69. The minimum absolute atomic E-state index is 0.789. The second kappa shape index (κ2) is 3.90. The highest BCUT2D eigenvalue weighted by atomic mass is 15.3. The summed E-state index contributed by atoms with van der Waals surface area (Å²) < 4.78 is 1.86. The molecule has 1 aromatic carbocycles. The van der Waals surface area contributed by atoms with Crippen LogP contribution in [-0.4, -0.2) is 24.7 Å². The number of H-pyrrole nitrogens is 1. The van der Waals surface area contributed by atoms with Crippen molar-refractivity contribution in [1.29, 1.82) is 0 Å². The summed E-state index contributed by atoms with van der Waals surface area (Å²) in [6.45, 7) is 4.00. The van der Waals surface area contributed by atoms with Gasteiger partial charge in [-0.2, -0.15) is 5.10 Å². The van der Waals surface area contributed by atoms with E-state index in [1.54, 1.807) is 6.33 Å². The first kappa shape index (κ1) is 11.2. The largest absolute Gasteiger partial charge is 0.350 e. The first-order valence-electron chi connectivity index (χ1n) is 6.49. The monoisotopic (exact) mass is 263 g/mol. The van der Waals surface area contributed by atoms with Crippen LogP contribution in [0.25, 0.3) is 27.8 Å². The maximum atomic E-state index is 4.51. The standard InChI is InChI=1S/C15H13N5/c1-9-7-10(2)20(19-9)15-14-13(16-8-17-15)11-5-3-4-6-12(11)18-14/h3-8,18H,1-2H3. The van der Waals surface area contributed by atoms with Crippen LogP contribution in [0.15, 0.2) is 36.7 Å². The summed E-state index contributed by atoms with van der Waals surface area (Å²) in [7, 11) is 0. The maximum Gasteiger partial charge on any atom is 0.181 e. The number of nitrogens with zero attached hydrogens (tertiary/aromatic N) is 4. The van der Waals surface area contributed by atoms with Crippen molar-refractivity contribution in [1.82, 2.24) is 24.7 Å². The molecule has 0 aliphatic rings. The van der Waals surface area contributed by atoms with Crippen LogP contribution in [0.4, 0.5) is 0 Å². The number of benzene rings is 1. The molecule has 3 heterocycles. The van der Waals surface area contributed by atoms with Gasteiger partial charge in [0.25, 0.3) is 0 Å². The molecule has 5 heteroatoms. The van der Waals surface area contributed by atoms with Crippen LogP contribution in [0, 0.1) is 13.8 Å². The molecule has 0 aliphatic carbocycles. The fraction of sp³-hybridized carbons (Fsp3) is 0.133. The normalized spacial score (nSPS) is 11.5. The Morgan fingerprint density at radius 3 is 2.75 bits per heavy atom. The zero-order valence-corrected chi connectivity index (χ0v) is 11.3. The number of hydrogen-bond acceptors (Lipinski definition) is 3. The molecule has 20 heavy (non-hydrogen) atoms. The molecule has 0 saturated carbocycles. The van der Waals surface area contributed by atoms with Crippen LogP contribution >= 0.6 is 0 Å². The Labute approximate surface area is 115 Å². The minimum Gasteiger partial charge on any atom is -0.350 e. The van der Waals surface area contributed by atoms with E-state index < -0.39 is 0 Å². The van der Waals surface area contributed by atoms with Crippen LogP contribution in [0.3, 0.4) is 0 Å². The van der Waals surface area contributed by atoms with Gasteiger partial charge in [0.2, 0.25) is 0 Å². The molecule has 5 nitrogen and oxygen atoms in total. The van der Waals surface area contributed by atoms with Gasteiger partial charge in [-0.25, -0.2) is 14.6 Å². The van der Waals surface area contributed by atoms with Crippen molar-refractivity contribution in [2.45, 2.75) is 13.8 Å². The summed E-state index contributed by atoms with van der Waals surface area (Å²) in [5, 5.41) is 5.61. The van der Waals surface area contributed by atoms with Gasteiger partial charge in [-0.05, 0) is 26.0 Å². The van der Waals surface area contributed by atoms with Crippen molar-refractivity contribution in [2.75, 3.05) is 0 Å². The molecule has 1 N–H and O–H groups in total. The van der Waals surface area contributed by atoms with E-state index in [9.17, 15) is 0 Å². The van der Waals surface area contributed by atoms with Crippen molar-refractivity contribution in [3.05, 3.63) is 48.0 Å². The third-order valence-electron chi connectivity index (χ3n) is 3.48. The van der Waals surface area contributed by atoms with Gasteiger partial charge in [0.05, 0.1) is 5.69 Å². The van der Waals surface area contributed by atoms with Crippen molar-refractivity contribution < 1.29 is 0 Å². The molecule has 4 aromatic rings. The summed E-state index contributed by atoms with van der Waals surface area (Å²) in [5.74, 6) is 0.789. The van der Waals surface area contributed by atoms with E-state index in [0.29, 0.717) is 0 Å². The highest BCUT2D eigenvalue weighted by Gasteiger charge is 2.13. The van der Waals surface area contributed by atoms with Gasteiger partial charge in [0.1, 0.15) is 17.4 Å². The van der Waals surface area contributed by atoms with Crippen molar-refractivity contribution in [3.63, 3.8) is 0 Å². The van der Waals surface area contributed by atoms with Gasteiger partial charge in [-0.3, -0.25) is 0 Å². The average molecular weight is 263 g/mol. The smallest absolute Gasteiger partial charge is 0.181 e. The molecule has 3 aromatic heterocycles. The van der Waals surface area contributed by atoms with Crippen LogP contribution in [0.1, 0.15) is 11.4 Å². The summed E-state index contributed by atoms with van der Waals surface area (Å²) in [4.78, 5) is 12.2. The number of fused-ring (bicyclic) bond motifs is 3. The predicted octanol–water partition coefficient (Wildman–Crippen LogP) is 2.91. The van der Waals surface area contributed by atoms with Gasteiger partial charge in [-0.15, -0.1) is 0 Å². The number of para-hydroxylation sites is 1. The summed E-state index contributed by atoms with van der Waals surface area (Å²) in [6.07, 6.45) is 1.59. The van der Waals surface area contributed by atoms with E-state index in [-0.39, 0.29) is 0 Å². The predicted molar refractivity (Wildman–Crippen MR) is 78.0 cm³/mol. The summed E-state index contributed by atoms with van der Waals surface area (Å²) in [6, 6.07) is 10.2. The zero-order valence-electron chi connectivity index (χ0n) is 11.3. The van der Waals surface area contributed by atoms with Crippen molar-refractivity contribution in [3.8, 4) is 5.82 Å². The first-order valence-corrected chi connectivity index (χ1v) is 6.49. The Morgan fingerprint density at radius 2 is 1.95 bits per heavy atom. The summed E-state index contributed by atoms with van der Waals surface area (Å²) in [5.41, 5.74) is 4.94. The Morgan fingerprint density at radius 1 is 1.10 bits per heavy atom. The quantitative estimate of drug-likeness (QED) is 0.574. The second-order valence-corrected chi connectivity index (χ2v) is 4.93. The lowest BCUT2D eigenvalue weighted by Crippen LogP contribution is -2.03. The van der Waals surface area contributed by atoms with E-state index in [4.69, 9.17) is 0 Å². The summed E-state index contributed by atoms with van der Waals surface area (Å²) >= 11 is 0. The number of aromatic nitrogens is 5. The molecule has 4 rings (SSSR count). The third kappa shape index (κ3) is 1.46. The first-order chi connectivity index (χ1) is 9.74. The maximum absolute atomic E-state index is 4.51. The van der Waals surface area contributed by atoms with Gasteiger partial charge in [0.15, 0.2) is 5.82 Å². The minimum atomic E-state index is 0.789. The number of aromatic amines is 1. The van der Waals surface area contributed by atoms with Gasteiger partial charge in [-0.1, -0.05) is 18.2 Å². The molecule has 0 bridgehead atoms. The zero-order chi connectivity index (χ0) is 13.7. The Kier molecular flexibility index (Phi) is 2.18. The number of rotatable bonds is 1. The SMILES string of the molecule is Cc1cc(C)n(-c2ncnc3c2[nH]c2ccccc23)n1. The lowest BCUT2D eigenvalue weighted by Gasteiger charge is -2.03. The van der Waals surface area contributed by atoms with Crippen molar-refractivity contribution in [2.24, 2.45) is 0 Å². The average Bonchev–Trinajstić information content (AvgIpc) is 2.98. The molecule has 0 amide bonds. The van der Waals surface area contributed by atoms with Crippen LogP contribution in [-0.2, 0) is 0 Å². The highest BCUT2D eigenvalue weighted by molar-refractivity contribution is 6.06. The molecule has 0 radical (unpaired) electrons. The molecular formula is C15H13N5. The lowest BCUT2D eigenvalue weighted by atomic mass is 10.2. The number of aryl methyl sites for hydroxylation is 2. The second-order valence-electron chi connectivity index (χ2n) is 4.93. The number of hydrogen-bond donors (Lipinski definition) is 1. The molecule has 0 fully saturated rings. The Bertz CT molecular complexity index is 932. The lowest BCUT2D eigenvalue weighted by molar-refractivity contribution is 0.808. The van der Waals surface area contributed by atoms with Gasteiger partial charge in [0, 0.05) is 16.6 Å². The molecule has 0 spiro atoms. The van der Waals surface area contributed by atoms with E-state index in [0.717, 1.165) is 39.1 Å². The Balaban J connectivity index is 2.12. The fourth-order valence-corrected chi connectivity index (χ4v) is 2.63. The topological polar surface area (TPSA) is 59.4 Å². The van der Waals surface area contributed by atoms with E-state index in [1.165, 1.54) is 0 Å². The van der Waals surface area contributed by atoms with Crippen LogP contribution in [0.2, 0.25) is 0 Å². The molecule has 0 atom stereocenters. The molecule has 98 valence electrons. The van der Waals surface area contributed by atoms with Crippen LogP contribution in [0.5, 0.6) is 0 Å². The van der Waals surface area contributed by atoms with Gasteiger partial charge < -0.3 is 4.98 Å². The van der Waals surface area contributed by atoms with E-state index in [2.05, 4.69) is 26.1 Å². The highest BCUT2D eigenvalue weighted by Crippen LogP contribution is 2.26. The van der Waals surface area contributed by atoms with E-state index in [1.807, 2.05) is 42.8 Å². The van der Waals surface area contributed by atoms with Gasteiger partial charge >= 0.3 is 0 Å². The molecule has 0 aliphatic heterocycles. The molecule has 0 unspecified atom stereocenters. The fourth-order valence-electron chi connectivity index (χ4n) is 2.63. The molecular weight excluding hydrogens is 250 g/mol. The molecule has 0 saturated heterocycles. The van der Waals surface area contributed by atoms with E-state index >= 15 is 0 Å². The third-order valence-corrected chi connectivity index (χ3v) is 3.48. The van der Waals surface area contributed by atoms with Crippen molar-refractivity contribution >= 4 is 21.9 Å².